The van der Waals surface area contributed by atoms with Crippen LogP contribution in [0.25, 0.3) is 16.6 Å². The van der Waals surface area contributed by atoms with E-state index in [2.05, 4.69) is 43.9 Å². The summed E-state index contributed by atoms with van der Waals surface area (Å²) in [4.78, 5) is 4.95. The number of hydrogen-bond acceptors (Lipinski definition) is 6. The molecule has 8 nitrogen and oxygen atoms in total. The number of anilines is 1. The summed E-state index contributed by atoms with van der Waals surface area (Å²) >= 11 is 6.73. The number of piperazine rings is 1. The third-order valence-electron chi connectivity index (χ3n) is 7.74. The average molecular weight is 471 g/mol. The van der Waals surface area contributed by atoms with Crippen LogP contribution in [0.5, 0.6) is 0 Å². The van der Waals surface area contributed by atoms with Crippen molar-refractivity contribution in [1.82, 2.24) is 24.5 Å². The number of fused-ring (bicyclic) bond motifs is 1. The van der Waals surface area contributed by atoms with Crippen LogP contribution in [0.2, 0.25) is 5.02 Å². The van der Waals surface area contributed by atoms with E-state index < -0.39 is 0 Å². The Morgan fingerprint density at radius 2 is 1.91 bits per heavy atom. The van der Waals surface area contributed by atoms with Gasteiger partial charge in [0, 0.05) is 38.7 Å². The van der Waals surface area contributed by atoms with Crippen molar-refractivity contribution in [3.63, 3.8) is 0 Å². The number of rotatable bonds is 5. The largest absolute Gasteiger partial charge is 0.381 e. The fraction of sp³-hybridized carbons (Fsp3) is 0.583. The quantitative estimate of drug-likeness (QED) is 0.568. The molecule has 33 heavy (non-hydrogen) atoms. The zero-order chi connectivity index (χ0) is 22.6. The van der Waals surface area contributed by atoms with E-state index in [4.69, 9.17) is 21.1 Å². The zero-order valence-corrected chi connectivity index (χ0v) is 20.0. The van der Waals surface area contributed by atoms with E-state index in [9.17, 15) is 0 Å². The zero-order valence-electron chi connectivity index (χ0n) is 19.3. The molecular formula is C24H31ClN6O2. The Bertz CT molecular complexity index is 1150. The van der Waals surface area contributed by atoms with Crippen molar-refractivity contribution in [2.75, 3.05) is 51.4 Å². The number of ether oxygens (including phenoxy) is 2. The Hall–Kier alpha value is -2.13. The van der Waals surface area contributed by atoms with Crippen molar-refractivity contribution in [1.29, 1.82) is 0 Å². The fourth-order valence-electron chi connectivity index (χ4n) is 5.56. The van der Waals surface area contributed by atoms with E-state index >= 15 is 0 Å². The van der Waals surface area contributed by atoms with Gasteiger partial charge in [0.1, 0.15) is 5.69 Å². The third kappa shape index (κ3) is 3.73. The standard InChI is InChI=1S/C24H31ClN6O2/c1-24(15-33-16-24)29-7-5-28(6-8-29)23-11-22-17(9-21(23)25)12-27-31(22)19-13-26-30(14-19)18-3-4-20(10-18)32-2/h9,11-14,18,20H,3-8,10,15-16H2,1-2H3. The van der Waals surface area contributed by atoms with Crippen LogP contribution < -0.4 is 4.90 Å². The molecule has 2 saturated heterocycles. The lowest BCUT2D eigenvalue weighted by Crippen LogP contribution is -2.64. The van der Waals surface area contributed by atoms with Crippen LogP contribution in [0.1, 0.15) is 32.2 Å². The third-order valence-corrected chi connectivity index (χ3v) is 8.05. The molecule has 1 aromatic carbocycles. The fourth-order valence-corrected chi connectivity index (χ4v) is 5.85. The Labute approximate surface area is 199 Å². The molecule has 4 heterocycles. The Kier molecular flexibility index (Phi) is 5.36. The van der Waals surface area contributed by atoms with Gasteiger partial charge in [-0.1, -0.05) is 11.6 Å². The van der Waals surface area contributed by atoms with Gasteiger partial charge in [-0.05, 0) is 38.3 Å². The molecule has 9 heteroatoms. The van der Waals surface area contributed by atoms with Gasteiger partial charge in [-0.3, -0.25) is 9.58 Å². The molecule has 2 unspecified atom stereocenters. The van der Waals surface area contributed by atoms with Gasteiger partial charge in [0.2, 0.25) is 0 Å². The van der Waals surface area contributed by atoms with E-state index in [0.29, 0.717) is 12.1 Å². The Balaban J connectivity index is 1.24. The second kappa shape index (κ2) is 8.27. The first-order chi connectivity index (χ1) is 16.0. The molecule has 1 saturated carbocycles. The van der Waals surface area contributed by atoms with Gasteiger partial charge in [-0.25, -0.2) is 4.68 Å². The molecule has 0 amide bonds. The van der Waals surface area contributed by atoms with Gasteiger partial charge < -0.3 is 14.4 Å². The van der Waals surface area contributed by atoms with Gasteiger partial charge in [-0.15, -0.1) is 0 Å². The molecule has 1 aliphatic carbocycles. The molecule has 0 radical (unpaired) electrons. The van der Waals surface area contributed by atoms with Crippen LogP contribution in [0.3, 0.4) is 0 Å². The van der Waals surface area contributed by atoms with Gasteiger partial charge in [0.15, 0.2) is 0 Å². The van der Waals surface area contributed by atoms with Gasteiger partial charge in [0.05, 0.1) is 65.7 Å². The minimum atomic E-state index is 0.196. The summed E-state index contributed by atoms with van der Waals surface area (Å²) < 4.78 is 15.0. The summed E-state index contributed by atoms with van der Waals surface area (Å²) in [6.07, 6.45) is 9.41. The van der Waals surface area contributed by atoms with Crippen molar-refractivity contribution < 1.29 is 9.47 Å². The Morgan fingerprint density at radius 1 is 1.09 bits per heavy atom. The summed E-state index contributed by atoms with van der Waals surface area (Å²) in [6, 6.07) is 4.60. The van der Waals surface area contributed by atoms with E-state index in [1.165, 1.54) is 0 Å². The van der Waals surface area contributed by atoms with E-state index in [0.717, 1.165) is 86.0 Å². The predicted octanol–water partition coefficient (Wildman–Crippen LogP) is 3.53. The van der Waals surface area contributed by atoms with Crippen molar-refractivity contribution >= 4 is 28.2 Å². The molecule has 3 aromatic rings. The van der Waals surface area contributed by atoms with Crippen molar-refractivity contribution in [3.8, 4) is 5.69 Å². The maximum absolute atomic E-state index is 6.73. The molecule has 0 N–H and O–H groups in total. The lowest BCUT2D eigenvalue weighted by molar-refractivity contribution is -0.131. The summed E-state index contributed by atoms with van der Waals surface area (Å²) in [6.45, 7) is 7.91. The second-order valence-electron chi connectivity index (χ2n) is 9.89. The number of nitrogens with zero attached hydrogens (tertiary/aromatic N) is 6. The van der Waals surface area contributed by atoms with Crippen LogP contribution in [0, 0.1) is 0 Å². The topological polar surface area (TPSA) is 60.6 Å². The number of aromatic nitrogens is 4. The molecule has 0 bridgehead atoms. The highest BCUT2D eigenvalue weighted by atomic mass is 35.5. The second-order valence-corrected chi connectivity index (χ2v) is 10.3. The van der Waals surface area contributed by atoms with E-state index in [-0.39, 0.29) is 5.54 Å². The maximum atomic E-state index is 6.73. The summed E-state index contributed by atoms with van der Waals surface area (Å²) in [5.74, 6) is 0. The predicted molar refractivity (Wildman–Crippen MR) is 129 cm³/mol. The molecular weight excluding hydrogens is 440 g/mol. The first-order valence-corrected chi connectivity index (χ1v) is 12.2. The van der Waals surface area contributed by atoms with Crippen LogP contribution in [0.4, 0.5) is 5.69 Å². The molecule has 2 aliphatic heterocycles. The highest BCUT2D eigenvalue weighted by Crippen LogP contribution is 2.35. The van der Waals surface area contributed by atoms with E-state index in [1.807, 2.05) is 23.1 Å². The molecule has 3 aliphatic rings. The Morgan fingerprint density at radius 3 is 2.61 bits per heavy atom. The van der Waals surface area contributed by atoms with Gasteiger partial charge in [0.25, 0.3) is 0 Å². The smallest absolute Gasteiger partial charge is 0.103 e. The highest BCUT2D eigenvalue weighted by Gasteiger charge is 2.40. The van der Waals surface area contributed by atoms with E-state index in [1.54, 1.807) is 7.11 Å². The molecule has 2 aromatic heterocycles. The molecule has 6 rings (SSSR count). The maximum Gasteiger partial charge on any atom is 0.103 e. The summed E-state index contributed by atoms with van der Waals surface area (Å²) in [5.41, 5.74) is 3.30. The SMILES string of the molecule is COC1CCC(n2cc(-n3ncc4cc(Cl)c(N5CCN(C6(C)COC6)CC5)cc43)cn2)C1. The summed E-state index contributed by atoms with van der Waals surface area (Å²) in [7, 11) is 1.79. The van der Waals surface area contributed by atoms with Crippen molar-refractivity contribution in [2.45, 2.75) is 43.9 Å². The molecule has 3 fully saturated rings. The van der Waals surface area contributed by atoms with Crippen molar-refractivity contribution in [3.05, 3.63) is 35.7 Å². The monoisotopic (exact) mass is 470 g/mol. The minimum absolute atomic E-state index is 0.196. The lowest BCUT2D eigenvalue weighted by Gasteiger charge is -2.50. The number of halogens is 1. The lowest BCUT2D eigenvalue weighted by atomic mass is 9.97. The van der Waals surface area contributed by atoms with Gasteiger partial charge in [-0.2, -0.15) is 10.2 Å². The number of hydrogen-bond donors (Lipinski definition) is 0. The normalized spacial score (nSPS) is 25.6. The van der Waals surface area contributed by atoms with Crippen LogP contribution >= 0.6 is 11.6 Å². The van der Waals surface area contributed by atoms with Crippen molar-refractivity contribution in [2.24, 2.45) is 0 Å². The summed E-state index contributed by atoms with van der Waals surface area (Å²) in [5, 5.41) is 11.1. The highest BCUT2D eigenvalue weighted by molar-refractivity contribution is 6.34. The van der Waals surface area contributed by atoms with Crippen LogP contribution in [0.15, 0.2) is 30.7 Å². The van der Waals surface area contributed by atoms with Crippen LogP contribution in [-0.2, 0) is 9.47 Å². The minimum Gasteiger partial charge on any atom is -0.381 e. The van der Waals surface area contributed by atoms with Gasteiger partial charge >= 0.3 is 0 Å². The molecule has 176 valence electrons. The first-order valence-electron chi connectivity index (χ1n) is 11.9. The molecule has 0 spiro atoms. The average Bonchev–Trinajstić information content (AvgIpc) is 3.55. The first kappa shape index (κ1) is 21.4. The molecule has 2 atom stereocenters. The van der Waals surface area contributed by atoms with Crippen LogP contribution in [-0.4, -0.2) is 82.6 Å². The number of methoxy groups -OCH3 is 1. The number of benzene rings is 1.